The largest absolute Gasteiger partial charge is 0.493 e. The van der Waals surface area contributed by atoms with E-state index >= 15 is 0 Å². The Bertz CT molecular complexity index is 1330. The van der Waals surface area contributed by atoms with Crippen LogP contribution in [0.4, 0.5) is 0 Å². The van der Waals surface area contributed by atoms with Gasteiger partial charge in [0.15, 0.2) is 11.5 Å². The van der Waals surface area contributed by atoms with Crippen molar-refractivity contribution < 1.29 is 38.4 Å². The number of benzene rings is 1. The first kappa shape index (κ1) is 27.0. The van der Waals surface area contributed by atoms with Crippen molar-refractivity contribution in [1.29, 1.82) is 0 Å². The number of likely N-dealkylation sites (tertiary alicyclic amines) is 1. The molecule has 9 nitrogen and oxygen atoms in total. The van der Waals surface area contributed by atoms with Crippen LogP contribution in [-0.2, 0) is 19.1 Å². The molecule has 1 aromatic rings. The first-order chi connectivity index (χ1) is 19.5. The summed E-state index contributed by atoms with van der Waals surface area (Å²) < 4.78 is 22.7. The summed E-state index contributed by atoms with van der Waals surface area (Å²) in [5, 5.41) is 12.5. The Balaban J connectivity index is 1.34. The summed E-state index contributed by atoms with van der Waals surface area (Å²) in [5.74, 6) is 0.559. The highest BCUT2D eigenvalue weighted by atomic mass is 16.6. The van der Waals surface area contributed by atoms with Crippen LogP contribution in [0.2, 0.25) is 0 Å². The summed E-state index contributed by atoms with van der Waals surface area (Å²) in [6, 6.07) is 4.96. The Kier molecular flexibility index (Phi) is 5.68. The Morgan fingerprint density at radius 3 is 2.51 bits per heavy atom. The minimum absolute atomic E-state index is 0.0459. The minimum atomic E-state index is -1.51. The van der Waals surface area contributed by atoms with Gasteiger partial charge in [0.25, 0.3) is 0 Å². The fourth-order valence-corrected chi connectivity index (χ4v) is 11.6. The standard InChI is InChI=1S/C32H41NO8/c1-17(34)40-16-32(37)19-9-12-30(27(32)41-26(35)18-7-8-21(38-4)22(13-18)39-5)20-15-23-29(2)10-6-11-31(23,24(30)14-19)25(20)33(3)28(29)36/h7-8,13,19-20,23-25,27,37H,6,9-12,14-16H2,1-5H3/t19-,20-,23+,24+,25+,27-,29+,30-,31-,32-/m0/s1. The van der Waals surface area contributed by atoms with E-state index in [2.05, 4.69) is 6.92 Å². The molecular weight excluding hydrogens is 526 g/mol. The number of fused-ring (bicyclic) bond motifs is 2. The Morgan fingerprint density at radius 1 is 1.05 bits per heavy atom. The van der Waals surface area contributed by atoms with Gasteiger partial charge in [-0.25, -0.2) is 4.79 Å². The third-order valence-corrected chi connectivity index (χ3v) is 12.8. The molecule has 7 bridgehead atoms. The molecule has 6 saturated carbocycles. The Labute approximate surface area is 240 Å². The lowest BCUT2D eigenvalue weighted by Crippen LogP contribution is -2.73. The molecule has 1 amide bonds. The van der Waals surface area contributed by atoms with E-state index in [4.69, 9.17) is 18.9 Å². The number of carbonyl (C=O) groups is 3. The molecule has 10 atom stereocenters. The van der Waals surface area contributed by atoms with Crippen LogP contribution in [0.15, 0.2) is 18.2 Å². The molecule has 0 radical (unpaired) electrons. The number of esters is 2. The summed E-state index contributed by atoms with van der Waals surface area (Å²) in [7, 11) is 5.01. The lowest BCUT2D eigenvalue weighted by atomic mass is 9.38. The third-order valence-electron chi connectivity index (χ3n) is 12.8. The molecule has 2 spiro atoms. The number of nitrogens with zero attached hydrogens (tertiary/aromatic N) is 1. The van der Waals surface area contributed by atoms with Crippen molar-refractivity contribution in [2.75, 3.05) is 27.9 Å². The highest BCUT2D eigenvalue weighted by molar-refractivity contribution is 5.90. The second-order valence-corrected chi connectivity index (χ2v) is 13.9. The van der Waals surface area contributed by atoms with Gasteiger partial charge in [0.2, 0.25) is 5.91 Å². The van der Waals surface area contributed by atoms with Gasteiger partial charge in [0, 0.05) is 25.4 Å². The van der Waals surface area contributed by atoms with E-state index in [0.717, 1.165) is 44.9 Å². The van der Waals surface area contributed by atoms with Crippen LogP contribution in [0, 0.1) is 39.9 Å². The number of ether oxygens (including phenoxy) is 4. The summed E-state index contributed by atoms with van der Waals surface area (Å²) in [5.41, 5.74) is -2.13. The van der Waals surface area contributed by atoms with Crippen molar-refractivity contribution in [3.05, 3.63) is 23.8 Å². The molecule has 7 fully saturated rings. The second kappa shape index (κ2) is 8.62. The third kappa shape index (κ3) is 3.08. The van der Waals surface area contributed by atoms with Crippen LogP contribution >= 0.6 is 0 Å². The quantitative estimate of drug-likeness (QED) is 0.519. The maximum absolute atomic E-state index is 13.9. The smallest absolute Gasteiger partial charge is 0.338 e. The number of methoxy groups -OCH3 is 2. The van der Waals surface area contributed by atoms with Crippen LogP contribution in [0.1, 0.15) is 69.2 Å². The van der Waals surface area contributed by atoms with Crippen molar-refractivity contribution in [2.45, 2.75) is 76.5 Å². The molecule has 7 aliphatic rings. The normalized spacial score (nSPS) is 44.8. The molecule has 0 aromatic heterocycles. The molecule has 1 saturated heterocycles. The van der Waals surface area contributed by atoms with E-state index in [0.29, 0.717) is 23.0 Å². The summed E-state index contributed by atoms with van der Waals surface area (Å²) in [6.07, 6.45) is 5.41. The molecule has 1 aliphatic heterocycles. The number of amides is 1. The number of hydrogen-bond donors (Lipinski definition) is 1. The zero-order valence-corrected chi connectivity index (χ0v) is 24.6. The van der Waals surface area contributed by atoms with Crippen LogP contribution in [0.3, 0.4) is 0 Å². The highest BCUT2D eigenvalue weighted by Gasteiger charge is 2.86. The first-order valence-electron chi connectivity index (χ1n) is 15.0. The SMILES string of the molecule is COc1ccc(C(=O)O[C@@H]2[C@](O)(COC(C)=O)[C@H]3CC[C@]24[C@@H](C3)[C@@]23CCC[C@@]5(C)C(=O)N(C)[C@@H]2[C@@H]4C[C@@H]35)cc1OC. The maximum Gasteiger partial charge on any atom is 0.338 e. The van der Waals surface area contributed by atoms with Crippen molar-refractivity contribution >= 4 is 17.8 Å². The highest BCUT2D eigenvalue weighted by Crippen LogP contribution is 2.84. The zero-order chi connectivity index (χ0) is 29.1. The number of piperidine rings is 1. The van der Waals surface area contributed by atoms with Gasteiger partial charge in [0.05, 0.1) is 25.2 Å². The summed E-state index contributed by atoms with van der Waals surface area (Å²) in [4.78, 5) is 41.7. The average Bonchev–Trinajstić information content (AvgIpc) is 3.42. The Morgan fingerprint density at radius 2 is 1.80 bits per heavy atom. The second-order valence-electron chi connectivity index (χ2n) is 13.9. The minimum Gasteiger partial charge on any atom is -0.493 e. The number of hydrogen-bond acceptors (Lipinski definition) is 8. The van der Waals surface area contributed by atoms with Crippen molar-refractivity contribution in [2.24, 2.45) is 39.9 Å². The van der Waals surface area contributed by atoms with E-state index in [1.807, 2.05) is 11.9 Å². The molecule has 1 N–H and O–H groups in total. The van der Waals surface area contributed by atoms with E-state index < -0.39 is 29.1 Å². The van der Waals surface area contributed by atoms with Crippen molar-refractivity contribution in [1.82, 2.24) is 4.90 Å². The number of carbonyl (C=O) groups excluding carboxylic acids is 3. The van der Waals surface area contributed by atoms with E-state index in [1.165, 1.54) is 21.1 Å². The monoisotopic (exact) mass is 567 g/mol. The van der Waals surface area contributed by atoms with E-state index in [9.17, 15) is 19.5 Å². The van der Waals surface area contributed by atoms with Gasteiger partial charge in [-0.3, -0.25) is 9.59 Å². The maximum atomic E-state index is 13.9. The van der Waals surface area contributed by atoms with Gasteiger partial charge in [-0.15, -0.1) is 0 Å². The zero-order valence-electron chi connectivity index (χ0n) is 24.6. The predicted molar refractivity (Wildman–Crippen MR) is 146 cm³/mol. The molecule has 6 aliphatic carbocycles. The van der Waals surface area contributed by atoms with E-state index in [1.54, 1.807) is 18.2 Å². The van der Waals surface area contributed by atoms with Gasteiger partial charge in [-0.1, -0.05) is 13.3 Å². The van der Waals surface area contributed by atoms with Gasteiger partial charge >= 0.3 is 11.9 Å². The lowest BCUT2D eigenvalue weighted by Gasteiger charge is -2.68. The molecule has 9 heteroatoms. The van der Waals surface area contributed by atoms with E-state index in [-0.39, 0.29) is 47.1 Å². The summed E-state index contributed by atoms with van der Waals surface area (Å²) >= 11 is 0. The lowest BCUT2D eigenvalue weighted by molar-refractivity contribution is -0.286. The van der Waals surface area contributed by atoms with Gasteiger partial charge in [-0.05, 0) is 85.8 Å². The number of rotatable bonds is 6. The molecule has 0 unspecified atom stereocenters. The fourth-order valence-electron chi connectivity index (χ4n) is 11.6. The predicted octanol–water partition coefficient (Wildman–Crippen LogP) is 3.61. The van der Waals surface area contributed by atoms with Crippen molar-refractivity contribution in [3.8, 4) is 11.5 Å². The van der Waals surface area contributed by atoms with Gasteiger partial charge in [-0.2, -0.15) is 0 Å². The average molecular weight is 568 g/mol. The first-order valence-corrected chi connectivity index (χ1v) is 15.0. The van der Waals surface area contributed by atoms with Crippen LogP contribution in [0.5, 0.6) is 11.5 Å². The molecule has 8 rings (SSSR count). The van der Waals surface area contributed by atoms with Crippen molar-refractivity contribution in [3.63, 3.8) is 0 Å². The van der Waals surface area contributed by atoms with Crippen LogP contribution in [-0.4, -0.2) is 73.5 Å². The molecule has 1 heterocycles. The number of aliphatic hydroxyl groups is 1. The molecule has 222 valence electrons. The Hall–Kier alpha value is -2.81. The molecule has 1 aromatic carbocycles. The molecule has 41 heavy (non-hydrogen) atoms. The molecular formula is C32H41NO8. The van der Waals surface area contributed by atoms with Crippen LogP contribution in [0.25, 0.3) is 0 Å². The topological polar surface area (TPSA) is 112 Å². The van der Waals surface area contributed by atoms with Gasteiger partial charge in [0.1, 0.15) is 18.3 Å². The summed E-state index contributed by atoms with van der Waals surface area (Å²) in [6.45, 7) is 3.29. The van der Waals surface area contributed by atoms with Gasteiger partial charge < -0.3 is 29.0 Å². The fraction of sp³-hybridized carbons (Fsp3) is 0.719. The van der Waals surface area contributed by atoms with Crippen LogP contribution < -0.4 is 9.47 Å².